The van der Waals surface area contributed by atoms with Gasteiger partial charge in [-0.3, -0.25) is 0 Å². The summed E-state index contributed by atoms with van der Waals surface area (Å²) in [4.78, 5) is 4.27. The van der Waals surface area contributed by atoms with Gasteiger partial charge in [0, 0.05) is 39.3 Å². The second-order valence-electron chi connectivity index (χ2n) is 26.4. The molecule has 0 heterocycles. The van der Waals surface area contributed by atoms with Crippen molar-refractivity contribution >= 4 is 82.2 Å². The van der Waals surface area contributed by atoms with Crippen LogP contribution in [0.4, 0.5) is 42.9 Å². The second-order valence-corrected chi connectivity index (χ2v) is 36.5. The molecule has 13 aromatic carbocycles. The molecule has 0 atom stereocenters. The fourth-order valence-electron chi connectivity index (χ4n) is 13.5. The fourth-order valence-corrected chi connectivity index (χ4v) is 15.9. The van der Waals surface area contributed by atoms with E-state index in [1.165, 1.54) is 21.3 Å². The highest BCUT2D eigenvalue weighted by molar-refractivity contribution is 6.89. The first kappa shape index (κ1) is 57.0. The summed E-state index contributed by atoms with van der Waals surface area (Å²) in [7, 11) is -3.41. The Morgan fingerprint density at radius 3 is 1.15 bits per heavy atom. The predicted octanol–water partition coefficient (Wildman–Crippen LogP) is 22.9. The van der Waals surface area contributed by atoms with E-state index in [9.17, 15) is 0 Å². The SMILES string of the molecule is CC1(C)c2cc(N(c3ccc([Si](C)(C)C)cc3)c3cc(-c4ccccc4)cc(-c4ccccc4)c3F)ccc2-c2c(-c3ccccc3)c3ccc(N(c4ccc([Si](C)(C)C)cc4)c4cc(-c5ccccc5)cc(-c5ccccc5)c4F)cc3c3cccc1c23. The van der Waals surface area contributed by atoms with Crippen LogP contribution in [0.5, 0.6) is 0 Å². The van der Waals surface area contributed by atoms with Gasteiger partial charge in [0.2, 0.25) is 0 Å². The van der Waals surface area contributed by atoms with Crippen LogP contribution in [0.2, 0.25) is 39.3 Å². The zero-order chi connectivity index (χ0) is 61.3. The first-order valence-corrected chi connectivity index (χ1v) is 37.9. The molecule has 0 radical (unpaired) electrons. The van der Waals surface area contributed by atoms with E-state index in [1.54, 1.807) is 0 Å². The number of fused-ring (bicyclic) bond motifs is 4. The lowest BCUT2D eigenvalue weighted by atomic mass is 9.66. The number of rotatable bonds is 13. The highest BCUT2D eigenvalue weighted by atomic mass is 28.3. The third kappa shape index (κ3) is 10.3. The summed E-state index contributed by atoms with van der Waals surface area (Å²) in [5, 5.41) is 7.12. The van der Waals surface area contributed by atoms with E-state index in [0.717, 1.165) is 100 Å². The molecule has 0 unspecified atom stereocenters. The largest absolute Gasteiger partial charge is 0.308 e. The fraction of sp³-hybridized carbons (Fsp3) is 0.108. The molecule has 14 rings (SSSR count). The monoisotopic (exact) mass is 1190 g/mol. The third-order valence-corrected chi connectivity index (χ3v) is 22.4. The molecular formula is C83H70F2N2Si2. The Hall–Kier alpha value is -9.73. The van der Waals surface area contributed by atoms with Crippen molar-refractivity contribution in [1.82, 2.24) is 0 Å². The van der Waals surface area contributed by atoms with E-state index in [4.69, 9.17) is 0 Å². The number of halogens is 2. The van der Waals surface area contributed by atoms with Gasteiger partial charge in [0.1, 0.15) is 0 Å². The van der Waals surface area contributed by atoms with Crippen molar-refractivity contribution in [3.63, 3.8) is 0 Å². The molecule has 2 nitrogen and oxygen atoms in total. The summed E-state index contributed by atoms with van der Waals surface area (Å²) in [6.45, 7) is 18.9. The minimum Gasteiger partial charge on any atom is -0.308 e. The molecule has 1 aliphatic carbocycles. The summed E-state index contributed by atoms with van der Waals surface area (Å²) in [5.74, 6) is -0.588. The van der Waals surface area contributed by atoms with Gasteiger partial charge in [-0.2, -0.15) is 0 Å². The van der Waals surface area contributed by atoms with Gasteiger partial charge in [-0.1, -0.05) is 270 Å². The van der Waals surface area contributed by atoms with E-state index in [-0.39, 0.29) is 11.6 Å². The van der Waals surface area contributed by atoms with Gasteiger partial charge >= 0.3 is 0 Å². The van der Waals surface area contributed by atoms with Crippen LogP contribution in [0.1, 0.15) is 25.0 Å². The Morgan fingerprint density at radius 1 is 0.292 bits per heavy atom. The summed E-state index contributed by atoms with van der Waals surface area (Å²) in [6, 6.07) is 97.3. The molecule has 0 saturated heterocycles. The molecule has 0 amide bonds. The van der Waals surface area contributed by atoms with Crippen molar-refractivity contribution in [2.75, 3.05) is 9.80 Å². The number of hydrogen-bond acceptors (Lipinski definition) is 2. The highest BCUT2D eigenvalue weighted by Gasteiger charge is 2.37. The van der Waals surface area contributed by atoms with Crippen LogP contribution < -0.4 is 20.2 Å². The van der Waals surface area contributed by atoms with E-state index in [1.807, 2.05) is 121 Å². The molecule has 0 spiro atoms. The quantitative estimate of drug-likeness (QED) is 0.0839. The van der Waals surface area contributed by atoms with Crippen molar-refractivity contribution in [3.8, 4) is 66.8 Å². The summed E-state index contributed by atoms with van der Waals surface area (Å²) in [6.07, 6.45) is 0. The average molecular weight is 1190 g/mol. The second kappa shape index (κ2) is 22.5. The molecule has 89 heavy (non-hydrogen) atoms. The van der Waals surface area contributed by atoms with Crippen LogP contribution in [-0.2, 0) is 5.41 Å². The number of benzene rings is 13. The van der Waals surface area contributed by atoms with Crippen LogP contribution in [0, 0.1) is 11.6 Å². The highest BCUT2D eigenvalue weighted by Crippen LogP contribution is 2.57. The smallest absolute Gasteiger partial charge is 0.155 e. The minimum absolute atomic E-state index is 0.292. The maximum absolute atomic E-state index is 18.3. The van der Waals surface area contributed by atoms with Gasteiger partial charge in [-0.05, 0) is 161 Å². The zero-order valence-electron chi connectivity index (χ0n) is 51.7. The first-order chi connectivity index (χ1) is 43.0. The molecule has 13 aromatic rings. The Kier molecular flexibility index (Phi) is 14.4. The van der Waals surface area contributed by atoms with Crippen LogP contribution in [0.25, 0.3) is 88.3 Å². The normalized spacial score (nSPS) is 12.7. The Labute approximate surface area is 524 Å². The lowest BCUT2D eigenvalue weighted by Gasteiger charge is -2.38. The summed E-state index contributed by atoms with van der Waals surface area (Å²) >= 11 is 0. The van der Waals surface area contributed by atoms with Gasteiger partial charge in [0.05, 0.1) is 27.5 Å². The van der Waals surface area contributed by atoms with Gasteiger partial charge < -0.3 is 9.80 Å². The van der Waals surface area contributed by atoms with Crippen molar-refractivity contribution in [2.45, 2.75) is 58.5 Å². The van der Waals surface area contributed by atoms with E-state index < -0.39 is 21.6 Å². The van der Waals surface area contributed by atoms with Crippen molar-refractivity contribution in [3.05, 3.63) is 302 Å². The van der Waals surface area contributed by atoms with Crippen LogP contribution in [0.3, 0.4) is 0 Å². The van der Waals surface area contributed by atoms with Crippen LogP contribution in [0.15, 0.2) is 279 Å². The predicted molar refractivity (Wildman–Crippen MR) is 381 cm³/mol. The lowest BCUT2D eigenvalue weighted by molar-refractivity contribution is 0.632. The molecule has 0 fully saturated rings. The standard InChI is InChI=1S/C83H70F2N2Si2/c1-83(2)74-36-24-35-68-73-53-64(86(62-37-43-66(44-38-62)88(3,4)5)76-51-60(55-25-14-9-15-26-55)49-71(81(76)84)57-29-18-11-19-30-57)41-47-69(73)78(59-33-22-13-23-34-59)80(79(68)74)70-48-42-65(54-75(70)83)87(63-39-45-67(46-40-63)89(6,7)8)77-52-61(56-27-16-10-17-28-56)50-72(82(77)85)58-31-20-12-21-32-58/h9-54H,1-8H3. The minimum atomic E-state index is -1.71. The molecule has 0 saturated carbocycles. The Balaban J connectivity index is 1.01. The maximum Gasteiger partial charge on any atom is 0.155 e. The molecule has 0 bridgehead atoms. The van der Waals surface area contributed by atoms with E-state index in [2.05, 4.69) is 221 Å². The maximum atomic E-state index is 18.3. The van der Waals surface area contributed by atoms with Crippen molar-refractivity contribution < 1.29 is 8.78 Å². The van der Waals surface area contributed by atoms with Crippen LogP contribution in [-0.4, -0.2) is 16.1 Å². The van der Waals surface area contributed by atoms with E-state index >= 15 is 8.78 Å². The van der Waals surface area contributed by atoms with Gasteiger partial charge in [-0.15, -0.1) is 0 Å². The molecular weight excluding hydrogens is 1120 g/mol. The molecule has 0 aromatic heterocycles. The molecule has 434 valence electrons. The van der Waals surface area contributed by atoms with Crippen LogP contribution >= 0.6 is 0 Å². The van der Waals surface area contributed by atoms with E-state index in [0.29, 0.717) is 22.5 Å². The number of nitrogens with zero attached hydrogens (tertiary/aromatic N) is 2. The third-order valence-electron chi connectivity index (χ3n) is 18.3. The van der Waals surface area contributed by atoms with Crippen molar-refractivity contribution in [1.29, 1.82) is 0 Å². The molecule has 0 aliphatic heterocycles. The Bertz CT molecular complexity index is 4810. The molecule has 0 N–H and O–H groups in total. The molecule has 6 heteroatoms. The topological polar surface area (TPSA) is 6.48 Å². The van der Waals surface area contributed by atoms with Gasteiger partial charge in [-0.25, -0.2) is 8.78 Å². The molecule has 1 aliphatic rings. The average Bonchev–Trinajstić information content (AvgIpc) is 0.710. The first-order valence-electron chi connectivity index (χ1n) is 30.9. The van der Waals surface area contributed by atoms with Gasteiger partial charge in [0.15, 0.2) is 11.6 Å². The summed E-state index contributed by atoms with van der Waals surface area (Å²) < 4.78 is 36.5. The lowest BCUT2D eigenvalue weighted by Crippen LogP contribution is -2.37. The van der Waals surface area contributed by atoms with Gasteiger partial charge in [0.25, 0.3) is 0 Å². The number of hydrogen-bond donors (Lipinski definition) is 0. The zero-order valence-corrected chi connectivity index (χ0v) is 53.7. The number of anilines is 6. The Morgan fingerprint density at radius 2 is 0.697 bits per heavy atom. The summed E-state index contributed by atoms with van der Waals surface area (Å²) in [5.41, 5.74) is 17.3. The van der Waals surface area contributed by atoms with Crippen molar-refractivity contribution in [2.24, 2.45) is 0 Å².